The van der Waals surface area contributed by atoms with Gasteiger partial charge in [-0.25, -0.2) is 5.43 Å². The number of pyridine rings is 1. The lowest BCUT2D eigenvalue weighted by atomic mass is 9.83. The van der Waals surface area contributed by atoms with Gasteiger partial charge in [0.1, 0.15) is 0 Å². The van der Waals surface area contributed by atoms with Gasteiger partial charge in [-0.3, -0.25) is 10.4 Å². The first-order valence-electron chi connectivity index (χ1n) is 6.90. The molecule has 0 amide bonds. The standard InChI is InChI=1S/C15H16ClN5S.ClH/c1-8-2-4-19-11-6-9(14-10(16)3-5-22-14)7-12(13(8)11)20-21-15(17)18;/h2-5,9H,6-7H2,1H3,(H4,17,18,21);1H/b20-12-;. The number of thiophene rings is 1. The summed E-state index contributed by atoms with van der Waals surface area (Å²) < 4.78 is 0. The van der Waals surface area contributed by atoms with Crippen molar-refractivity contribution in [1.82, 2.24) is 10.4 Å². The summed E-state index contributed by atoms with van der Waals surface area (Å²) in [6, 6.07) is 3.89. The van der Waals surface area contributed by atoms with E-state index in [4.69, 9.17) is 22.7 Å². The highest BCUT2D eigenvalue weighted by Gasteiger charge is 2.29. The van der Waals surface area contributed by atoms with Crippen LogP contribution >= 0.6 is 35.3 Å². The second-order valence-corrected chi connectivity index (χ2v) is 6.63. The molecule has 2 heterocycles. The number of hydrazone groups is 1. The molecule has 122 valence electrons. The molecule has 1 aliphatic rings. The van der Waals surface area contributed by atoms with Gasteiger partial charge >= 0.3 is 0 Å². The molecule has 0 saturated heterocycles. The van der Waals surface area contributed by atoms with Crippen molar-refractivity contribution >= 4 is 47.0 Å². The number of guanidine groups is 1. The first-order chi connectivity index (χ1) is 10.6. The van der Waals surface area contributed by atoms with Crippen molar-refractivity contribution in [3.8, 4) is 0 Å². The van der Waals surface area contributed by atoms with Crippen molar-refractivity contribution in [2.75, 3.05) is 0 Å². The molecule has 0 spiro atoms. The summed E-state index contributed by atoms with van der Waals surface area (Å²) in [5.74, 6) is 0.0775. The van der Waals surface area contributed by atoms with Crippen LogP contribution < -0.4 is 11.2 Å². The quantitative estimate of drug-likeness (QED) is 0.430. The van der Waals surface area contributed by atoms with Crippen LogP contribution in [0.1, 0.15) is 34.0 Å². The van der Waals surface area contributed by atoms with Crippen LogP contribution in [-0.2, 0) is 6.42 Å². The third-order valence-corrected chi connectivity index (χ3v) is 5.25. The predicted molar refractivity (Wildman–Crippen MR) is 98.2 cm³/mol. The Morgan fingerprint density at radius 1 is 1.48 bits per heavy atom. The van der Waals surface area contributed by atoms with E-state index in [2.05, 4.69) is 15.5 Å². The fourth-order valence-corrected chi connectivity index (χ4v) is 4.13. The molecule has 1 unspecified atom stereocenters. The van der Waals surface area contributed by atoms with Crippen molar-refractivity contribution in [2.24, 2.45) is 10.8 Å². The molecule has 0 aliphatic heterocycles. The molecule has 0 radical (unpaired) electrons. The Hall–Kier alpha value is -1.63. The van der Waals surface area contributed by atoms with Crippen molar-refractivity contribution in [2.45, 2.75) is 25.7 Å². The first kappa shape index (κ1) is 17.7. The Morgan fingerprint density at radius 2 is 2.26 bits per heavy atom. The zero-order chi connectivity index (χ0) is 15.7. The zero-order valence-electron chi connectivity index (χ0n) is 12.5. The summed E-state index contributed by atoms with van der Waals surface area (Å²) in [5, 5.41) is 14.4. The van der Waals surface area contributed by atoms with Crippen LogP contribution in [-0.4, -0.2) is 16.7 Å². The number of nitrogens with one attached hydrogen (secondary N) is 2. The van der Waals surface area contributed by atoms with Gasteiger partial charge in [-0.2, -0.15) is 5.10 Å². The normalized spacial score (nSPS) is 18.2. The van der Waals surface area contributed by atoms with E-state index >= 15 is 0 Å². The molecule has 0 aromatic carbocycles. The number of nitrogens with two attached hydrogens (primary N) is 1. The molecule has 0 saturated carbocycles. The van der Waals surface area contributed by atoms with Crippen molar-refractivity contribution in [3.63, 3.8) is 0 Å². The average Bonchev–Trinajstić information content (AvgIpc) is 2.90. The highest BCUT2D eigenvalue weighted by atomic mass is 35.5. The minimum absolute atomic E-state index is 0. The van der Waals surface area contributed by atoms with Crippen LogP contribution in [0.15, 0.2) is 28.8 Å². The lowest BCUT2D eigenvalue weighted by Crippen LogP contribution is -2.29. The molecule has 2 aromatic rings. The Kier molecular flexibility index (Phi) is 5.62. The maximum atomic E-state index is 7.30. The lowest BCUT2D eigenvalue weighted by Gasteiger charge is -2.26. The maximum absolute atomic E-state index is 7.30. The SMILES string of the molecule is Cc1ccnc2c1/C(=N\NC(=N)N)CC(c1sccc1Cl)C2.Cl. The van der Waals surface area contributed by atoms with E-state index in [-0.39, 0.29) is 24.3 Å². The Morgan fingerprint density at radius 3 is 2.91 bits per heavy atom. The molecule has 5 nitrogen and oxygen atoms in total. The molecule has 1 atom stereocenters. The molecule has 1 aliphatic carbocycles. The van der Waals surface area contributed by atoms with Crippen LogP contribution in [0.3, 0.4) is 0 Å². The Balaban J connectivity index is 0.00000192. The second-order valence-electron chi connectivity index (χ2n) is 5.27. The van der Waals surface area contributed by atoms with Crippen LogP contribution in [0.5, 0.6) is 0 Å². The molecule has 8 heteroatoms. The Labute approximate surface area is 149 Å². The van der Waals surface area contributed by atoms with E-state index < -0.39 is 0 Å². The van der Waals surface area contributed by atoms with E-state index in [1.165, 1.54) is 0 Å². The second kappa shape index (κ2) is 7.29. The van der Waals surface area contributed by atoms with Crippen LogP contribution in [0, 0.1) is 12.3 Å². The number of fused-ring (bicyclic) bond motifs is 1. The highest BCUT2D eigenvalue weighted by molar-refractivity contribution is 7.10. The number of hydrogen-bond acceptors (Lipinski definition) is 4. The molecule has 0 fully saturated rings. The van der Waals surface area contributed by atoms with E-state index in [9.17, 15) is 0 Å². The van der Waals surface area contributed by atoms with Gasteiger partial charge in [0.05, 0.1) is 16.4 Å². The third-order valence-electron chi connectivity index (χ3n) is 3.73. The van der Waals surface area contributed by atoms with E-state index in [1.54, 1.807) is 11.3 Å². The van der Waals surface area contributed by atoms with E-state index in [1.807, 2.05) is 30.6 Å². The minimum Gasteiger partial charge on any atom is -0.369 e. The molecular formula is C15H17Cl2N5S. The summed E-state index contributed by atoms with van der Waals surface area (Å²) in [7, 11) is 0. The molecule has 3 rings (SSSR count). The maximum Gasteiger partial charge on any atom is 0.206 e. The van der Waals surface area contributed by atoms with Crippen molar-refractivity contribution < 1.29 is 0 Å². The summed E-state index contributed by atoms with van der Waals surface area (Å²) >= 11 is 7.95. The summed E-state index contributed by atoms with van der Waals surface area (Å²) in [5.41, 5.74) is 12.0. The number of aromatic nitrogens is 1. The highest BCUT2D eigenvalue weighted by Crippen LogP contribution is 2.39. The zero-order valence-corrected chi connectivity index (χ0v) is 14.9. The van der Waals surface area contributed by atoms with Gasteiger partial charge in [0.2, 0.25) is 5.96 Å². The molecular weight excluding hydrogens is 353 g/mol. The first-order valence-corrected chi connectivity index (χ1v) is 8.16. The monoisotopic (exact) mass is 369 g/mol. The largest absolute Gasteiger partial charge is 0.369 e. The van der Waals surface area contributed by atoms with Gasteiger partial charge in [-0.15, -0.1) is 23.7 Å². The van der Waals surface area contributed by atoms with Crippen LogP contribution in [0.25, 0.3) is 0 Å². The minimum atomic E-state index is -0.174. The van der Waals surface area contributed by atoms with Gasteiger partial charge < -0.3 is 5.73 Å². The summed E-state index contributed by atoms with van der Waals surface area (Å²) in [6.45, 7) is 2.04. The topological polar surface area (TPSA) is 87.2 Å². The van der Waals surface area contributed by atoms with E-state index in [0.717, 1.165) is 45.3 Å². The van der Waals surface area contributed by atoms with Crippen molar-refractivity contribution in [3.05, 3.63) is 50.4 Å². The van der Waals surface area contributed by atoms with Crippen LogP contribution in [0.4, 0.5) is 0 Å². The third kappa shape index (κ3) is 3.65. The molecule has 0 bridgehead atoms. The number of rotatable bonds is 2. The molecule has 23 heavy (non-hydrogen) atoms. The summed E-state index contributed by atoms with van der Waals surface area (Å²) in [4.78, 5) is 5.67. The van der Waals surface area contributed by atoms with Gasteiger partial charge in [0, 0.05) is 29.0 Å². The fourth-order valence-electron chi connectivity index (χ4n) is 2.82. The average molecular weight is 370 g/mol. The summed E-state index contributed by atoms with van der Waals surface area (Å²) in [6.07, 6.45) is 3.42. The lowest BCUT2D eigenvalue weighted by molar-refractivity contribution is 0.687. The predicted octanol–water partition coefficient (Wildman–Crippen LogP) is 3.44. The Bertz CT molecular complexity index is 756. The number of aryl methyl sites for hydroxylation is 1. The molecule has 2 aromatic heterocycles. The van der Waals surface area contributed by atoms with Gasteiger partial charge in [0.25, 0.3) is 0 Å². The van der Waals surface area contributed by atoms with Gasteiger partial charge in [-0.1, -0.05) is 11.6 Å². The van der Waals surface area contributed by atoms with Crippen molar-refractivity contribution in [1.29, 1.82) is 5.41 Å². The smallest absolute Gasteiger partial charge is 0.206 e. The van der Waals surface area contributed by atoms with E-state index in [0.29, 0.717) is 0 Å². The fraction of sp³-hybridized carbons (Fsp3) is 0.267. The number of halogens is 2. The molecule has 4 N–H and O–H groups in total. The van der Waals surface area contributed by atoms with Gasteiger partial charge in [-0.05, 0) is 36.4 Å². The van der Waals surface area contributed by atoms with Gasteiger partial charge in [0.15, 0.2) is 0 Å². The number of nitrogens with zero attached hydrogens (tertiary/aromatic N) is 2. The number of hydrogen-bond donors (Lipinski definition) is 3. The van der Waals surface area contributed by atoms with Crippen LogP contribution in [0.2, 0.25) is 5.02 Å².